The van der Waals surface area contributed by atoms with E-state index in [1.165, 1.54) is 30.0 Å². The minimum Gasteiger partial charge on any atom is -0.306 e. The van der Waals surface area contributed by atoms with Crippen molar-refractivity contribution in [3.05, 3.63) is 16.1 Å². The van der Waals surface area contributed by atoms with Crippen molar-refractivity contribution in [2.75, 3.05) is 0 Å². The van der Waals surface area contributed by atoms with Gasteiger partial charge in [0.25, 0.3) is 0 Å². The molecular weight excluding hydrogens is 240 g/mol. The fourth-order valence-electron chi connectivity index (χ4n) is 1.88. The van der Waals surface area contributed by atoms with Crippen molar-refractivity contribution >= 4 is 11.3 Å². The highest BCUT2D eigenvalue weighted by Gasteiger charge is 2.21. The van der Waals surface area contributed by atoms with Crippen LogP contribution in [0.1, 0.15) is 77.5 Å². The first-order chi connectivity index (χ1) is 8.34. The molecule has 1 aromatic heterocycles. The van der Waals surface area contributed by atoms with Gasteiger partial charge < -0.3 is 5.32 Å². The zero-order valence-electron chi connectivity index (χ0n) is 12.7. The second-order valence-electron chi connectivity index (χ2n) is 6.34. The van der Waals surface area contributed by atoms with E-state index >= 15 is 0 Å². The van der Waals surface area contributed by atoms with Gasteiger partial charge in [-0.15, -0.1) is 11.3 Å². The van der Waals surface area contributed by atoms with E-state index in [1.807, 2.05) is 0 Å². The molecule has 0 radical (unpaired) electrons. The van der Waals surface area contributed by atoms with Gasteiger partial charge in [-0.2, -0.15) is 0 Å². The lowest BCUT2D eigenvalue weighted by atomic mass is 9.93. The van der Waals surface area contributed by atoms with Gasteiger partial charge in [-0.05, 0) is 6.42 Å². The Bertz CT molecular complexity index is 350. The fraction of sp³-hybridized carbons (Fsp3) is 0.800. The minimum absolute atomic E-state index is 0.155. The molecule has 0 saturated carbocycles. The SMILES string of the molecule is CCCCC(NC(C)C)c1nc(C(C)(C)C)cs1. The molecule has 1 unspecified atom stereocenters. The standard InChI is InChI=1S/C15H28N2S/c1-7-8-9-12(16-11(2)3)14-17-13(10-18-14)15(4,5)6/h10-12,16H,7-9H2,1-6H3. The van der Waals surface area contributed by atoms with Crippen LogP contribution in [0.3, 0.4) is 0 Å². The molecule has 1 heterocycles. The van der Waals surface area contributed by atoms with Crippen molar-refractivity contribution in [3.63, 3.8) is 0 Å². The first kappa shape index (κ1) is 15.6. The average Bonchev–Trinajstić information content (AvgIpc) is 2.72. The number of nitrogens with zero attached hydrogens (tertiary/aromatic N) is 1. The van der Waals surface area contributed by atoms with E-state index in [-0.39, 0.29) is 5.41 Å². The first-order valence-electron chi connectivity index (χ1n) is 7.06. The van der Waals surface area contributed by atoms with Crippen LogP contribution in [0.2, 0.25) is 0 Å². The highest BCUT2D eigenvalue weighted by molar-refractivity contribution is 7.09. The number of aromatic nitrogens is 1. The molecule has 0 aliphatic rings. The maximum atomic E-state index is 4.84. The molecule has 0 amide bonds. The Kier molecular flexibility index (Phi) is 5.80. The van der Waals surface area contributed by atoms with E-state index in [0.717, 1.165) is 0 Å². The van der Waals surface area contributed by atoms with Crippen molar-refractivity contribution in [1.29, 1.82) is 0 Å². The molecule has 18 heavy (non-hydrogen) atoms. The molecule has 1 N–H and O–H groups in total. The number of thiazole rings is 1. The maximum absolute atomic E-state index is 4.84. The lowest BCUT2D eigenvalue weighted by Gasteiger charge is -2.19. The first-order valence-corrected chi connectivity index (χ1v) is 7.94. The second-order valence-corrected chi connectivity index (χ2v) is 7.23. The van der Waals surface area contributed by atoms with Gasteiger partial charge >= 0.3 is 0 Å². The van der Waals surface area contributed by atoms with Crippen molar-refractivity contribution < 1.29 is 0 Å². The minimum atomic E-state index is 0.155. The summed E-state index contributed by atoms with van der Waals surface area (Å²) in [7, 11) is 0. The summed E-state index contributed by atoms with van der Waals surface area (Å²) in [5, 5.41) is 7.11. The van der Waals surface area contributed by atoms with Crippen LogP contribution < -0.4 is 5.32 Å². The summed E-state index contributed by atoms with van der Waals surface area (Å²) in [5.74, 6) is 0. The Hall–Kier alpha value is -0.410. The van der Waals surface area contributed by atoms with E-state index in [2.05, 4.69) is 52.2 Å². The Morgan fingerprint density at radius 3 is 2.44 bits per heavy atom. The summed E-state index contributed by atoms with van der Waals surface area (Å²) < 4.78 is 0. The van der Waals surface area contributed by atoms with Crippen LogP contribution in [0.5, 0.6) is 0 Å². The number of hydrogen-bond donors (Lipinski definition) is 1. The fourth-order valence-corrected chi connectivity index (χ4v) is 3.02. The molecule has 0 bridgehead atoms. The van der Waals surface area contributed by atoms with E-state index in [9.17, 15) is 0 Å². The molecule has 0 aliphatic heterocycles. The molecule has 0 spiro atoms. The molecule has 0 aliphatic carbocycles. The molecule has 104 valence electrons. The average molecular weight is 268 g/mol. The van der Waals surface area contributed by atoms with Crippen LogP contribution in [0.25, 0.3) is 0 Å². The molecule has 3 heteroatoms. The van der Waals surface area contributed by atoms with Gasteiger partial charge in [0.15, 0.2) is 0 Å². The summed E-state index contributed by atoms with van der Waals surface area (Å²) in [4.78, 5) is 4.84. The Morgan fingerprint density at radius 1 is 1.33 bits per heavy atom. The normalized spacial score (nSPS) is 14.2. The molecule has 0 saturated heterocycles. The Balaban J connectivity index is 2.81. The van der Waals surface area contributed by atoms with Crippen LogP contribution in [-0.4, -0.2) is 11.0 Å². The Labute approximate surface area is 116 Å². The van der Waals surface area contributed by atoms with E-state index < -0.39 is 0 Å². The van der Waals surface area contributed by atoms with Gasteiger partial charge in [0.05, 0.1) is 11.7 Å². The largest absolute Gasteiger partial charge is 0.306 e. The van der Waals surface area contributed by atoms with Gasteiger partial charge in [-0.25, -0.2) is 4.98 Å². The van der Waals surface area contributed by atoms with Gasteiger partial charge in [0, 0.05) is 16.8 Å². The van der Waals surface area contributed by atoms with Gasteiger partial charge in [0.2, 0.25) is 0 Å². The van der Waals surface area contributed by atoms with Gasteiger partial charge in [-0.3, -0.25) is 0 Å². The Morgan fingerprint density at radius 2 is 2.00 bits per heavy atom. The number of hydrogen-bond acceptors (Lipinski definition) is 3. The van der Waals surface area contributed by atoms with Crippen LogP contribution in [0, 0.1) is 0 Å². The third-order valence-electron chi connectivity index (χ3n) is 2.97. The van der Waals surface area contributed by atoms with Crippen LogP contribution >= 0.6 is 11.3 Å². The lowest BCUT2D eigenvalue weighted by Crippen LogP contribution is -2.28. The zero-order chi connectivity index (χ0) is 13.8. The predicted octanol–water partition coefficient (Wildman–Crippen LogP) is 4.67. The molecule has 1 atom stereocenters. The summed E-state index contributed by atoms with van der Waals surface area (Å²) in [5.41, 5.74) is 1.37. The van der Waals surface area contributed by atoms with Crippen LogP contribution in [0.4, 0.5) is 0 Å². The highest BCUT2D eigenvalue weighted by atomic mass is 32.1. The van der Waals surface area contributed by atoms with E-state index in [1.54, 1.807) is 11.3 Å². The lowest BCUT2D eigenvalue weighted by molar-refractivity contribution is 0.436. The number of rotatable bonds is 6. The molecule has 0 fully saturated rings. The van der Waals surface area contributed by atoms with Crippen molar-refractivity contribution in [1.82, 2.24) is 10.3 Å². The quantitative estimate of drug-likeness (QED) is 0.811. The van der Waals surface area contributed by atoms with Crippen molar-refractivity contribution in [2.24, 2.45) is 0 Å². The highest BCUT2D eigenvalue weighted by Crippen LogP contribution is 2.29. The van der Waals surface area contributed by atoms with E-state index in [4.69, 9.17) is 4.98 Å². The number of unbranched alkanes of at least 4 members (excludes halogenated alkanes) is 1. The summed E-state index contributed by atoms with van der Waals surface area (Å²) in [6.45, 7) is 13.3. The maximum Gasteiger partial charge on any atom is 0.110 e. The van der Waals surface area contributed by atoms with Crippen molar-refractivity contribution in [2.45, 2.75) is 78.3 Å². The molecular formula is C15H28N2S. The second kappa shape index (κ2) is 6.67. The molecule has 0 aromatic carbocycles. The van der Waals surface area contributed by atoms with E-state index in [0.29, 0.717) is 12.1 Å². The molecule has 1 aromatic rings. The topological polar surface area (TPSA) is 24.9 Å². The summed E-state index contributed by atoms with van der Waals surface area (Å²) >= 11 is 1.80. The predicted molar refractivity (Wildman–Crippen MR) is 81.4 cm³/mol. The zero-order valence-corrected chi connectivity index (χ0v) is 13.5. The van der Waals surface area contributed by atoms with Crippen LogP contribution in [-0.2, 0) is 5.41 Å². The van der Waals surface area contributed by atoms with Gasteiger partial charge in [0.1, 0.15) is 5.01 Å². The molecule has 1 rings (SSSR count). The van der Waals surface area contributed by atoms with Crippen LogP contribution in [0.15, 0.2) is 5.38 Å². The molecule has 2 nitrogen and oxygen atoms in total. The monoisotopic (exact) mass is 268 g/mol. The third kappa shape index (κ3) is 4.69. The summed E-state index contributed by atoms with van der Waals surface area (Å²) in [6.07, 6.45) is 3.69. The van der Waals surface area contributed by atoms with Crippen molar-refractivity contribution in [3.8, 4) is 0 Å². The smallest absolute Gasteiger partial charge is 0.110 e. The number of nitrogens with one attached hydrogen (secondary N) is 1. The summed E-state index contributed by atoms with van der Waals surface area (Å²) in [6, 6.07) is 0.930. The van der Waals surface area contributed by atoms with Gasteiger partial charge in [-0.1, -0.05) is 54.4 Å². The third-order valence-corrected chi connectivity index (χ3v) is 3.93.